The highest BCUT2D eigenvalue weighted by Crippen LogP contribution is 2.29. The molecule has 1 N–H and O–H groups in total. The van der Waals surface area contributed by atoms with E-state index in [0.717, 1.165) is 11.3 Å². The molecule has 6 nitrogen and oxygen atoms in total. The highest BCUT2D eigenvalue weighted by atomic mass is 16.5. The number of pyridine rings is 1. The molecule has 6 heteroatoms. The summed E-state index contributed by atoms with van der Waals surface area (Å²) in [5, 5.41) is 3.01. The molecule has 3 rings (SSSR count). The zero-order valence-corrected chi connectivity index (χ0v) is 14.2. The first-order valence-electron chi connectivity index (χ1n) is 8.23. The van der Waals surface area contributed by atoms with Crippen molar-refractivity contribution in [3.05, 3.63) is 58.9 Å². The average molecular weight is 340 g/mol. The topological polar surface area (TPSA) is 77.5 Å². The Morgan fingerprint density at radius 3 is 2.96 bits per heavy atom. The predicted octanol–water partition coefficient (Wildman–Crippen LogP) is 2.68. The molecule has 0 aliphatic carbocycles. The average Bonchev–Trinajstić information content (AvgIpc) is 2.67. The third-order valence-corrected chi connectivity index (χ3v) is 4.25. The van der Waals surface area contributed by atoms with E-state index in [9.17, 15) is 9.59 Å². The van der Waals surface area contributed by atoms with Gasteiger partial charge in [0.15, 0.2) is 0 Å². The summed E-state index contributed by atoms with van der Waals surface area (Å²) < 4.78 is 10.3. The monoisotopic (exact) mass is 340 g/mol. The minimum atomic E-state index is -0.397. The number of amides is 1. The maximum atomic E-state index is 12.6. The van der Waals surface area contributed by atoms with Crippen molar-refractivity contribution in [3.8, 4) is 5.75 Å². The summed E-state index contributed by atoms with van der Waals surface area (Å²) >= 11 is 0. The van der Waals surface area contributed by atoms with Crippen LogP contribution in [0.3, 0.4) is 0 Å². The van der Waals surface area contributed by atoms with Gasteiger partial charge in [-0.25, -0.2) is 4.79 Å². The minimum Gasteiger partial charge on any atom is -0.491 e. The van der Waals surface area contributed by atoms with Gasteiger partial charge in [0.05, 0.1) is 25.3 Å². The molecule has 0 bridgehead atoms. The maximum Gasteiger partial charge on any atom is 0.338 e. The first-order chi connectivity index (χ1) is 12.1. The number of nitrogens with zero attached hydrogens (tertiary/aromatic N) is 1. The van der Waals surface area contributed by atoms with Crippen LogP contribution in [-0.4, -0.2) is 30.6 Å². The number of ether oxygens (including phenoxy) is 2. The molecule has 25 heavy (non-hydrogen) atoms. The van der Waals surface area contributed by atoms with Gasteiger partial charge in [0.25, 0.3) is 5.91 Å². The second kappa shape index (κ2) is 7.34. The van der Waals surface area contributed by atoms with E-state index in [4.69, 9.17) is 9.47 Å². The van der Waals surface area contributed by atoms with E-state index in [1.165, 1.54) is 7.11 Å². The van der Waals surface area contributed by atoms with Crippen LogP contribution in [-0.2, 0) is 11.2 Å². The molecule has 1 atom stereocenters. The van der Waals surface area contributed by atoms with Crippen molar-refractivity contribution < 1.29 is 19.1 Å². The fraction of sp³-hybridized carbons (Fsp3) is 0.316. The van der Waals surface area contributed by atoms with Crippen LogP contribution >= 0.6 is 0 Å². The molecular formula is C19H20N2O4. The van der Waals surface area contributed by atoms with E-state index in [2.05, 4.69) is 10.3 Å². The number of aryl methyl sites for hydroxylation is 1. The molecule has 1 amide bonds. The number of aromatic nitrogens is 1. The second-order valence-electron chi connectivity index (χ2n) is 5.77. The number of esters is 1. The van der Waals surface area contributed by atoms with Crippen molar-refractivity contribution >= 4 is 11.9 Å². The Morgan fingerprint density at radius 2 is 2.20 bits per heavy atom. The van der Waals surface area contributed by atoms with Crippen molar-refractivity contribution in [2.24, 2.45) is 0 Å². The third-order valence-electron chi connectivity index (χ3n) is 4.25. The van der Waals surface area contributed by atoms with E-state index >= 15 is 0 Å². The maximum absolute atomic E-state index is 12.6. The largest absolute Gasteiger partial charge is 0.491 e. The standard InChI is InChI=1S/C19H20N2O4/c1-3-12-11-13(6-7-14(12)19(23)24-2)18(22)21-15-8-10-25-16-5-4-9-20-17(15)16/h4-7,9,11,15H,3,8,10H2,1-2H3,(H,21,22). The Bertz CT molecular complexity index is 804. The molecule has 130 valence electrons. The zero-order valence-electron chi connectivity index (χ0n) is 14.2. The number of methoxy groups -OCH3 is 1. The third kappa shape index (κ3) is 3.47. The lowest BCUT2D eigenvalue weighted by Gasteiger charge is -2.25. The van der Waals surface area contributed by atoms with E-state index in [-0.39, 0.29) is 11.9 Å². The van der Waals surface area contributed by atoms with Crippen molar-refractivity contribution in [2.45, 2.75) is 25.8 Å². The highest BCUT2D eigenvalue weighted by molar-refractivity contribution is 5.97. The molecule has 0 saturated heterocycles. The molecule has 1 aliphatic heterocycles. The number of carbonyl (C=O) groups is 2. The Balaban J connectivity index is 1.82. The lowest BCUT2D eigenvalue weighted by atomic mass is 10.0. The number of rotatable bonds is 4. The summed E-state index contributed by atoms with van der Waals surface area (Å²) in [6.45, 7) is 2.47. The van der Waals surface area contributed by atoms with Gasteiger partial charge in [-0.3, -0.25) is 9.78 Å². The fourth-order valence-corrected chi connectivity index (χ4v) is 2.93. The summed E-state index contributed by atoms with van der Waals surface area (Å²) in [6.07, 6.45) is 2.98. The SMILES string of the molecule is CCc1cc(C(=O)NC2CCOc3cccnc32)ccc1C(=O)OC. The molecule has 0 saturated carbocycles. The van der Waals surface area contributed by atoms with Crippen molar-refractivity contribution in [3.63, 3.8) is 0 Å². The van der Waals surface area contributed by atoms with E-state index < -0.39 is 5.97 Å². The van der Waals surface area contributed by atoms with E-state index in [0.29, 0.717) is 36.3 Å². The molecule has 0 radical (unpaired) electrons. The van der Waals surface area contributed by atoms with Gasteiger partial charge in [-0.05, 0) is 42.3 Å². The summed E-state index contributed by atoms with van der Waals surface area (Å²) in [5.41, 5.74) is 2.52. The fourth-order valence-electron chi connectivity index (χ4n) is 2.93. The summed E-state index contributed by atoms with van der Waals surface area (Å²) in [7, 11) is 1.35. The number of nitrogens with one attached hydrogen (secondary N) is 1. The first-order valence-corrected chi connectivity index (χ1v) is 8.23. The molecule has 0 spiro atoms. The Morgan fingerprint density at radius 1 is 1.36 bits per heavy atom. The van der Waals surface area contributed by atoms with Gasteiger partial charge in [0.2, 0.25) is 0 Å². The Labute approximate surface area is 146 Å². The smallest absolute Gasteiger partial charge is 0.338 e. The predicted molar refractivity (Wildman–Crippen MR) is 91.7 cm³/mol. The van der Waals surface area contributed by atoms with Crippen molar-refractivity contribution in [2.75, 3.05) is 13.7 Å². The first kappa shape index (κ1) is 17.0. The molecule has 1 aromatic carbocycles. The van der Waals surface area contributed by atoms with Crippen LogP contribution in [0.5, 0.6) is 5.75 Å². The normalized spacial score (nSPS) is 15.7. The van der Waals surface area contributed by atoms with Crippen LogP contribution in [0.25, 0.3) is 0 Å². The highest BCUT2D eigenvalue weighted by Gasteiger charge is 2.25. The number of hydrogen-bond donors (Lipinski definition) is 1. The number of carbonyl (C=O) groups excluding carboxylic acids is 2. The van der Waals surface area contributed by atoms with Gasteiger partial charge >= 0.3 is 5.97 Å². The zero-order chi connectivity index (χ0) is 17.8. The summed E-state index contributed by atoms with van der Waals surface area (Å²) in [4.78, 5) is 28.8. The molecular weight excluding hydrogens is 320 g/mol. The molecule has 1 unspecified atom stereocenters. The molecule has 0 fully saturated rings. The van der Waals surface area contributed by atoms with Crippen LogP contribution in [0.2, 0.25) is 0 Å². The van der Waals surface area contributed by atoms with Gasteiger partial charge in [0, 0.05) is 18.2 Å². The van der Waals surface area contributed by atoms with Crippen LogP contribution in [0.15, 0.2) is 36.5 Å². The van der Waals surface area contributed by atoms with Gasteiger partial charge in [-0.15, -0.1) is 0 Å². The van der Waals surface area contributed by atoms with E-state index in [1.807, 2.05) is 19.1 Å². The van der Waals surface area contributed by atoms with E-state index in [1.54, 1.807) is 24.4 Å². The Hall–Kier alpha value is -2.89. The number of fused-ring (bicyclic) bond motifs is 1. The Kier molecular flexibility index (Phi) is 4.97. The van der Waals surface area contributed by atoms with Crippen LogP contribution in [0.4, 0.5) is 0 Å². The quantitative estimate of drug-likeness (QED) is 0.866. The molecule has 1 aromatic heterocycles. The van der Waals surface area contributed by atoms with Gasteiger partial charge in [-0.2, -0.15) is 0 Å². The van der Waals surface area contributed by atoms with Gasteiger partial charge < -0.3 is 14.8 Å². The number of hydrogen-bond acceptors (Lipinski definition) is 5. The molecule has 1 aliphatic rings. The summed E-state index contributed by atoms with van der Waals surface area (Å²) in [5.74, 6) is 0.107. The van der Waals surface area contributed by atoms with Crippen LogP contribution < -0.4 is 10.1 Å². The van der Waals surface area contributed by atoms with Crippen LogP contribution in [0, 0.1) is 0 Å². The van der Waals surface area contributed by atoms with Gasteiger partial charge in [0.1, 0.15) is 11.4 Å². The molecule has 2 heterocycles. The lowest BCUT2D eigenvalue weighted by Crippen LogP contribution is -2.33. The summed E-state index contributed by atoms with van der Waals surface area (Å²) in [6, 6.07) is 8.47. The lowest BCUT2D eigenvalue weighted by molar-refractivity contribution is 0.0599. The molecule has 2 aromatic rings. The van der Waals surface area contributed by atoms with Crippen molar-refractivity contribution in [1.82, 2.24) is 10.3 Å². The van der Waals surface area contributed by atoms with Crippen molar-refractivity contribution in [1.29, 1.82) is 0 Å². The van der Waals surface area contributed by atoms with Gasteiger partial charge in [-0.1, -0.05) is 6.92 Å². The second-order valence-corrected chi connectivity index (χ2v) is 5.77. The number of benzene rings is 1. The minimum absolute atomic E-state index is 0.192. The van der Waals surface area contributed by atoms with Crippen LogP contribution in [0.1, 0.15) is 51.4 Å².